The van der Waals surface area contributed by atoms with Crippen molar-refractivity contribution in [2.45, 2.75) is 6.42 Å². The number of carboxylic acid groups (broad SMARTS) is 1. The van der Waals surface area contributed by atoms with Gasteiger partial charge in [-0.2, -0.15) is 0 Å². The first-order chi connectivity index (χ1) is 8.58. The molecule has 0 aromatic heterocycles. The molecule has 0 spiro atoms. The van der Waals surface area contributed by atoms with Crippen molar-refractivity contribution >= 4 is 39.6 Å². The van der Waals surface area contributed by atoms with Crippen LogP contribution in [0.4, 0.5) is 0 Å². The SMILES string of the molecule is O=C(O)CSCCNC(=O)Cc1cccc(Br)c1. The number of carboxylic acids is 1. The average molecular weight is 332 g/mol. The summed E-state index contributed by atoms with van der Waals surface area (Å²) < 4.78 is 0.949. The quantitative estimate of drug-likeness (QED) is 0.749. The van der Waals surface area contributed by atoms with Crippen LogP contribution in [0.15, 0.2) is 28.7 Å². The molecular formula is C12H14BrNO3S. The molecule has 0 bridgehead atoms. The minimum atomic E-state index is -0.833. The van der Waals surface area contributed by atoms with E-state index in [0.29, 0.717) is 18.7 Å². The summed E-state index contributed by atoms with van der Waals surface area (Å²) in [6.07, 6.45) is 0.336. The van der Waals surface area contributed by atoms with Gasteiger partial charge in [-0.1, -0.05) is 28.1 Å². The topological polar surface area (TPSA) is 66.4 Å². The maximum absolute atomic E-state index is 11.6. The van der Waals surface area contributed by atoms with E-state index in [0.717, 1.165) is 10.0 Å². The summed E-state index contributed by atoms with van der Waals surface area (Å²) in [5, 5.41) is 11.2. The van der Waals surface area contributed by atoms with Crippen LogP contribution in [0.2, 0.25) is 0 Å². The zero-order valence-corrected chi connectivity index (χ0v) is 12.1. The Morgan fingerprint density at radius 2 is 2.17 bits per heavy atom. The van der Waals surface area contributed by atoms with E-state index in [1.807, 2.05) is 24.3 Å². The molecule has 2 N–H and O–H groups in total. The predicted octanol–water partition coefficient (Wildman–Crippen LogP) is 1.93. The van der Waals surface area contributed by atoms with Gasteiger partial charge in [0, 0.05) is 16.8 Å². The molecule has 6 heteroatoms. The molecule has 0 radical (unpaired) electrons. The van der Waals surface area contributed by atoms with E-state index in [2.05, 4.69) is 21.2 Å². The molecule has 1 amide bonds. The molecule has 1 aromatic carbocycles. The van der Waals surface area contributed by atoms with Crippen LogP contribution in [0, 0.1) is 0 Å². The normalized spacial score (nSPS) is 10.1. The summed E-state index contributed by atoms with van der Waals surface area (Å²) in [5.41, 5.74) is 0.945. The molecule has 0 saturated heterocycles. The molecular weight excluding hydrogens is 318 g/mol. The number of aliphatic carboxylic acids is 1. The van der Waals surface area contributed by atoms with E-state index in [1.165, 1.54) is 11.8 Å². The molecule has 0 aliphatic carbocycles. The lowest BCUT2D eigenvalue weighted by Crippen LogP contribution is -2.27. The lowest BCUT2D eigenvalue weighted by Gasteiger charge is -2.05. The predicted molar refractivity (Wildman–Crippen MR) is 75.8 cm³/mol. The van der Waals surface area contributed by atoms with Crippen molar-refractivity contribution in [3.05, 3.63) is 34.3 Å². The first kappa shape index (κ1) is 15.0. The highest BCUT2D eigenvalue weighted by atomic mass is 79.9. The van der Waals surface area contributed by atoms with Gasteiger partial charge < -0.3 is 10.4 Å². The second kappa shape index (κ2) is 8.16. The lowest BCUT2D eigenvalue weighted by atomic mass is 10.1. The smallest absolute Gasteiger partial charge is 0.313 e. The van der Waals surface area contributed by atoms with Gasteiger partial charge in [0.25, 0.3) is 0 Å². The molecule has 0 atom stereocenters. The van der Waals surface area contributed by atoms with Crippen LogP contribution in [0.5, 0.6) is 0 Å². The second-order valence-electron chi connectivity index (χ2n) is 3.60. The molecule has 1 rings (SSSR count). The Morgan fingerprint density at radius 1 is 1.39 bits per heavy atom. The highest BCUT2D eigenvalue weighted by Gasteiger charge is 2.03. The third kappa shape index (κ3) is 6.66. The minimum absolute atomic E-state index is 0.0518. The minimum Gasteiger partial charge on any atom is -0.481 e. The number of rotatable bonds is 7. The number of nitrogens with one attached hydrogen (secondary N) is 1. The summed E-state index contributed by atoms with van der Waals surface area (Å²) in [6.45, 7) is 0.491. The number of benzene rings is 1. The van der Waals surface area contributed by atoms with Crippen molar-refractivity contribution in [3.8, 4) is 0 Å². The molecule has 0 aliphatic rings. The summed E-state index contributed by atoms with van der Waals surface area (Å²) >= 11 is 4.64. The standard InChI is InChI=1S/C12H14BrNO3S/c13-10-3-1-2-9(6-10)7-11(15)14-4-5-18-8-12(16)17/h1-3,6H,4-5,7-8H2,(H,14,15)(H,16,17). The Labute approximate surface area is 118 Å². The van der Waals surface area contributed by atoms with E-state index >= 15 is 0 Å². The van der Waals surface area contributed by atoms with E-state index < -0.39 is 5.97 Å². The Bertz CT molecular complexity index is 426. The van der Waals surface area contributed by atoms with Crippen molar-refractivity contribution in [1.29, 1.82) is 0 Å². The number of hydrogen-bond acceptors (Lipinski definition) is 3. The number of carbonyl (C=O) groups is 2. The van der Waals surface area contributed by atoms with Crippen LogP contribution in [0.1, 0.15) is 5.56 Å². The van der Waals surface area contributed by atoms with Crippen LogP contribution < -0.4 is 5.32 Å². The van der Waals surface area contributed by atoms with Gasteiger partial charge in [-0.25, -0.2) is 0 Å². The maximum atomic E-state index is 11.6. The van der Waals surface area contributed by atoms with Crippen LogP contribution in [-0.4, -0.2) is 35.0 Å². The summed E-state index contributed by atoms with van der Waals surface area (Å²) in [5.74, 6) is -0.206. The summed E-state index contributed by atoms with van der Waals surface area (Å²) in [6, 6.07) is 7.58. The molecule has 0 fully saturated rings. The monoisotopic (exact) mass is 331 g/mol. The van der Waals surface area contributed by atoms with Gasteiger partial charge in [0.05, 0.1) is 12.2 Å². The summed E-state index contributed by atoms with van der Waals surface area (Å²) in [7, 11) is 0. The maximum Gasteiger partial charge on any atom is 0.313 e. The molecule has 18 heavy (non-hydrogen) atoms. The van der Waals surface area contributed by atoms with Crippen LogP contribution >= 0.6 is 27.7 Å². The summed E-state index contributed by atoms with van der Waals surface area (Å²) in [4.78, 5) is 21.8. The van der Waals surface area contributed by atoms with Gasteiger partial charge in [-0.05, 0) is 17.7 Å². The lowest BCUT2D eigenvalue weighted by molar-refractivity contribution is -0.133. The Kier molecular flexibility index (Phi) is 6.82. The van der Waals surface area contributed by atoms with E-state index in [-0.39, 0.29) is 11.7 Å². The van der Waals surface area contributed by atoms with Gasteiger partial charge in [0.1, 0.15) is 0 Å². The molecule has 0 aliphatic heterocycles. The number of amides is 1. The Balaban J connectivity index is 2.20. The number of carbonyl (C=O) groups excluding carboxylic acids is 1. The fourth-order valence-corrected chi connectivity index (χ4v) is 2.33. The highest BCUT2D eigenvalue weighted by molar-refractivity contribution is 9.10. The van der Waals surface area contributed by atoms with Gasteiger partial charge in [0.15, 0.2) is 0 Å². The zero-order valence-electron chi connectivity index (χ0n) is 9.69. The van der Waals surface area contributed by atoms with Crippen molar-refractivity contribution in [2.24, 2.45) is 0 Å². The first-order valence-corrected chi connectivity index (χ1v) is 7.33. The molecule has 0 unspecified atom stereocenters. The van der Waals surface area contributed by atoms with Crippen molar-refractivity contribution in [3.63, 3.8) is 0 Å². The zero-order chi connectivity index (χ0) is 13.4. The average Bonchev–Trinajstić information content (AvgIpc) is 2.28. The number of halogens is 1. The van der Waals surface area contributed by atoms with Crippen molar-refractivity contribution in [1.82, 2.24) is 5.32 Å². The third-order valence-electron chi connectivity index (χ3n) is 2.05. The molecule has 98 valence electrons. The van der Waals surface area contributed by atoms with Gasteiger partial charge in [0.2, 0.25) is 5.91 Å². The largest absolute Gasteiger partial charge is 0.481 e. The second-order valence-corrected chi connectivity index (χ2v) is 5.62. The fraction of sp³-hybridized carbons (Fsp3) is 0.333. The van der Waals surface area contributed by atoms with E-state index in [1.54, 1.807) is 0 Å². The Morgan fingerprint density at radius 3 is 2.83 bits per heavy atom. The molecule has 0 saturated carbocycles. The van der Waals surface area contributed by atoms with E-state index in [4.69, 9.17) is 5.11 Å². The van der Waals surface area contributed by atoms with Gasteiger partial charge in [-0.15, -0.1) is 11.8 Å². The van der Waals surface area contributed by atoms with Crippen LogP contribution in [-0.2, 0) is 16.0 Å². The number of hydrogen-bond donors (Lipinski definition) is 2. The highest BCUT2D eigenvalue weighted by Crippen LogP contribution is 2.11. The van der Waals surface area contributed by atoms with Crippen LogP contribution in [0.3, 0.4) is 0 Å². The van der Waals surface area contributed by atoms with Crippen molar-refractivity contribution in [2.75, 3.05) is 18.1 Å². The number of thioether (sulfide) groups is 1. The third-order valence-corrected chi connectivity index (χ3v) is 3.48. The van der Waals surface area contributed by atoms with Crippen molar-refractivity contribution < 1.29 is 14.7 Å². The molecule has 4 nitrogen and oxygen atoms in total. The molecule has 0 heterocycles. The van der Waals surface area contributed by atoms with Crippen LogP contribution in [0.25, 0.3) is 0 Å². The molecule has 1 aromatic rings. The first-order valence-electron chi connectivity index (χ1n) is 5.38. The Hall–Kier alpha value is -1.01. The van der Waals surface area contributed by atoms with Gasteiger partial charge >= 0.3 is 5.97 Å². The fourth-order valence-electron chi connectivity index (χ4n) is 1.32. The van der Waals surface area contributed by atoms with E-state index in [9.17, 15) is 9.59 Å². The van der Waals surface area contributed by atoms with Gasteiger partial charge in [-0.3, -0.25) is 9.59 Å².